The second-order valence-electron chi connectivity index (χ2n) is 5.18. The number of nitrogens with zero attached hydrogens (tertiary/aromatic N) is 1. The quantitative estimate of drug-likeness (QED) is 0.842. The van der Waals surface area contributed by atoms with Crippen LogP contribution in [0.25, 0.3) is 0 Å². The highest BCUT2D eigenvalue weighted by molar-refractivity contribution is 5.50. The number of anilines is 2. The number of nitrogen functional groups attached to an aromatic ring is 1. The topological polar surface area (TPSA) is 50.9 Å². The van der Waals surface area contributed by atoms with Crippen molar-refractivity contribution in [3.05, 3.63) is 53.2 Å². The normalized spacial score (nSPS) is 10.5. The van der Waals surface area contributed by atoms with Gasteiger partial charge in [0.15, 0.2) is 0 Å². The van der Waals surface area contributed by atoms with Crippen LogP contribution in [0, 0.1) is 6.92 Å². The van der Waals surface area contributed by atoms with Gasteiger partial charge in [-0.15, -0.1) is 0 Å². The molecule has 3 N–H and O–H groups in total. The maximum atomic E-state index is 5.70. The fourth-order valence-corrected chi connectivity index (χ4v) is 2.27. The minimum atomic E-state index is 0.708. The van der Waals surface area contributed by atoms with Crippen LogP contribution in [-0.2, 0) is 12.8 Å². The molecule has 0 aliphatic heterocycles. The van der Waals surface area contributed by atoms with E-state index in [9.17, 15) is 0 Å². The van der Waals surface area contributed by atoms with E-state index in [4.69, 9.17) is 5.73 Å². The van der Waals surface area contributed by atoms with Gasteiger partial charge < -0.3 is 11.1 Å². The Morgan fingerprint density at radius 3 is 2.35 bits per heavy atom. The SMILES string of the molecule is CCCc1ccc(CCNc2ncc(N)cc2C)cc1. The Balaban J connectivity index is 1.86. The largest absolute Gasteiger partial charge is 0.397 e. The van der Waals surface area contributed by atoms with Crippen LogP contribution >= 0.6 is 0 Å². The first-order valence-electron chi connectivity index (χ1n) is 7.23. The van der Waals surface area contributed by atoms with Gasteiger partial charge in [0.2, 0.25) is 0 Å². The van der Waals surface area contributed by atoms with E-state index in [-0.39, 0.29) is 0 Å². The molecule has 1 aromatic carbocycles. The van der Waals surface area contributed by atoms with Crippen LogP contribution < -0.4 is 11.1 Å². The second kappa shape index (κ2) is 6.94. The van der Waals surface area contributed by atoms with Crippen LogP contribution in [0.15, 0.2) is 36.5 Å². The lowest BCUT2D eigenvalue weighted by atomic mass is 10.1. The predicted octanol–water partition coefficient (Wildman–Crippen LogP) is 3.58. The van der Waals surface area contributed by atoms with Crippen LogP contribution in [0.3, 0.4) is 0 Å². The van der Waals surface area contributed by atoms with E-state index in [1.54, 1.807) is 6.20 Å². The molecule has 0 bridgehead atoms. The summed E-state index contributed by atoms with van der Waals surface area (Å²) in [6.07, 6.45) is 5.04. The average molecular weight is 269 g/mol. The zero-order chi connectivity index (χ0) is 14.4. The number of benzene rings is 1. The molecule has 0 aliphatic carbocycles. The average Bonchev–Trinajstić information content (AvgIpc) is 2.43. The Labute approximate surface area is 121 Å². The van der Waals surface area contributed by atoms with Crippen LogP contribution in [0.1, 0.15) is 30.0 Å². The summed E-state index contributed by atoms with van der Waals surface area (Å²) in [5.74, 6) is 0.918. The molecule has 1 aromatic heterocycles. The molecule has 0 aliphatic rings. The van der Waals surface area contributed by atoms with Crippen LogP contribution in [0.2, 0.25) is 0 Å². The third kappa shape index (κ3) is 3.98. The third-order valence-corrected chi connectivity index (χ3v) is 3.37. The van der Waals surface area contributed by atoms with Crippen LogP contribution in [0.5, 0.6) is 0 Å². The van der Waals surface area contributed by atoms with Gasteiger partial charge in [-0.25, -0.2) is 4.98 Å². The number of rotatable bonds is 6. The molecular formula is C17H23N3. The number of hydrogen-bond donors (Lipinski definition) is 2. The Bertz CT molecular complexity index is 547. The molecule has 2 aromatic rings. The van der Waals surface area contributed by atoms with Crippen molar-refractivity contribution in [1.82, 2.24) is 4.98 Å². The van der Waals surface area contributed by atoms with E-state index < -0.39 is 0 Å². The van der Waals surface area contributed by atoms with Crippen molar-refractivity contribution < 1.29 is 0 Å². The highest BCUT2D eigenvalue weighted by Gasteiger charge is 2.00. The molecule has 1 heterocycles. The number of pyridine rings is 1. The molecule has 0 radical (unpaired) electrons. The first kappa shape index (κ1) is 14.4. The van der Waals surface area contributed by atoms with E-state index in [0.29, 0.717) is 5.69 Å². The van der Waals surface area contributed by atoms with Gasteiger partial charge in [-0.1, -0.05) is 37.6 Å². The lowest BCUT2D eigenvalue weighted by Crippen LogP contribution is -2.08. The molecular weight excluding hydrogens is 246 g/mol. The predicted molar refractivity (Wildman–Crippen MR) is 86.0 cm³/mol. The molecule has 20 heavy (non-hydrogen) atoms. The van der Waals surface area contributed by atoms with E-state index in [2.05, 4.69) is 41.5 Å². The first-order chi connectivity index (χ1) is 9.69. The molecule has 3 nitrogen and oxygen atoms in total. The molecule has 3 heteroatoms. The van der Waals surface area contributed by atoms with Crippen molar-refractivity contribution in [3.8, 4) is 0 Å². The maximum absolute atomic E-state index is 5.70. The first-order valence-corrected chi connectivity index (χ1v) is 7.23. The second-order valence-corrected chi connectivity index (χ2v) is 5.18. The molecule has 0 amide bonds. The molecule has 0 spiro atoms. The molecule has 106 valence electrons. The van der Waals surface area contributed by atoms with Gasteiger partial charge in [-0.05, 0) is 42.5 Å². The third-order valence-electron chi connectivity index (χ3n) is 3.37. The Morgan fingerprint density at radius 2 is 1.75 bits per heavy atom. The smallest absolute Gasteiger partial charge is 0.129 e. The van der Waals surface area contributed by atoms with Crippen molar-refractivity contribution in [2.45, 2.75) is 33.1 Å². The number of nitrogens with one attached hydrogen (secondary N) is 1. The summed E-state index contributed by atoms with van der Waals surface area (Å²) in [7, 11) is 0. The summed E-state index contributed by atoms with van der Waals surface area (Å²) >= 11 is 0. The van der Waals surface area contributed by atoms with Crippen molar-refractivity contribution >= 4 is 11.5 Å². The minimum Gasteiger partial charge on any atom is -0.397 e. The number of aromatic nitrogens is 1. The van der Waals surface area contributed by atoms with Crippen molar-refractivity contribution in [2.75, 3.05) is 17.6 Å². The van der Waals surface area contributed by atoms with E-state index >= 15 is 0 Å². The molecule has 0 saturated carbocycles. The van der Waals surface area contributed by atoms with Crippen molar-refractivity contribution in [2.24, 2.45) is 0 Å². The number of nitrogens with two attached hydrogens (primary N) is 1. The van der Waals surface area contributed by atoms with E-state index in [0.717, 1.165) is 30.8 Å². The summed E-state index contributed by atoms with van der Waals surface area (Å²) in [6.45, 7) is 5.11. The van der Waals surface area contributed by atoms with E-state index in [1.165, 1.54) is 17.5 Å². The lowest BCUT2D eigenvalue weighted by molar-refractivity contribution is 0.918. The highest BCUT2D eigenvalue weighted by Crippen LogP contribution is 2.14. The van der Waals surface area contributed by atoms with Gasteiger partial charge in [-0.3, -0.25) is 0 Å². The van der Waals surface area contributed by atoms with Gasteiger partial charge in [0, 0.05) is 6.54 Å². The zero-order valence-corrected chi connectivity index (χ0v) is 12.3. The summed E-state index contributed by atoms with van der Waals surface area (Å²) in [5, 5.41) is 3.36. The van der Waals surface area contributed by atoms with Gasteiger partial charge in [0.1, 0.15) is 5.82 Å². The Morgan fingerprint density at radius 1 is 1.10 bits per heavy atom. The zero-order valence-electron chi connectivity index (χ0n) is 12.3. The van der Waals surface area contributed by atoms with Crippen molar-refractivity contribution in [1.29, 1.82) is 0 Å². The summed E-state index contributed by atoms with van der Waals surface area (Å²) < 4.78 is 0. The monoisotopic (exact) mass is 269 g/mol. The van der Waals surface area contributed by atoms with Crippen LogP contribution in [-0.4, -0.2) is 11.5 Å². The van der Waals surface area contributed by atoms with Crippen molar-refractivity contribution in [3.63, 3.8) is 0 Å². The van der Waals surface area contributed by atoms with Gasteiger partial charge in [0.25, 0.3) is 0 Å². The summed E-state index contributed by atoms with van der Waals surface area (Å²) in [4.78, 5) is 4.31. The number of aryl methyl sites for hydroxylation is 2. The number of hydrogen-bond acceptors (Lipinski definition) is 3. The van der Waals surface area contributed by atoms with Gasteiger partial charge in [-0.2, -0.15) is 0 Å². The van der Waals surface area contributed by atoms with E-state index in [1.807, 2.05) is 13.0 Å². The molecule has 2 rings (SSSR count). The lowest BCUT2D eigenvalue weighted by Gasteiger charge is -2.09. The molecule has 0 unspecified atom stereocenters. The molecule has 0 atom stereocenters. The fourth-order valence-electron chi connectivity index (χ4n) is 2.27. The Kier molecular flexibility index (Phi) is 4.99. The molecule has 0 fully saturated rings. The fraction of sp³-hybridized carbons (Fsp3) is 0.353. The standard InChI is InChI=1S/C17H23N3/c1-3-4-14-5-7-15(8-6-14)9-10-19-17-13(2)11-16(18)12-20-17/h5-8,11-12H,3-4,9-10,18H2,1-2H3,(H,19,20). The highest BCUT2D eigenvalue weighted by atomic mass is 15.0. The minimum absolute atomic E-state index is 0.708. The van der Waals surface area contributed by atoms with Gasteiger partial charge in [0.05, 0.1) is 11.9 Å². The van der Waals surface area contributed by atoms with Crippen LogP contribution in [0.4, 0.5) is 11.5 Å². The summed E-state index contributed by atoms with van der Waals surface area (Å²) in [5.41, 5.74) is 10.3. The maximum Gasteiger partial charge on any atom is 0.129 e. The Hall–Kier alpha value is -2.03. The molecule has 0 saturated heterocycles. The van der Waals surface area contributed by atoms with Gasteiger partial charge >= 0.3 is 0 Å². The summed E-state index contributed by atoms with van der Waals surface area (Å²) in [6, 6.07) is 10.8.